The van der Waals surface area contributed by atoms with Crippen molar-refractivity contribution in [3.05, 3.63) is 0 Å². The van der Waals surface area contributed by atoms with E-state index in [4.69, 9.17) is 9.47 Å². The number of methoxy groups -OCH3 is 1. The first kappa shape index (κ1) is 11.4. The van der Waals surface area contributed by atoms with Crippen LogP contribution in [0.3, 0.4) is 0 Å². The molecular weight excluding hydrogens is 156 g/mol. The van der Waals surface area contributed by atoms with E-state index in [2.05, 4.69) is 0 Å². The highest BCUT2D eigenvalue weighted by molar-refractivity contribution is 5.69. The molecule has 0 aromatic heterocycles. The van der Waals surface area contributed by atoms with Gasteiger partial charge in [-0.25, -0.2) is 0 Å². The molecule has 3 heteroatoms. The van der Waals surface area contributed by atoms with Crippen LogP contribution >= 0.6 is 0 Å². The summed E-state index contributed by atoms with van der Waals surface area (Å²) in [5.41, 5.74) is 0. The lowest BCUT2D eigenvalue weighted by Crippen LogP contribution is -2.08. The Labute approximate surface area is 74.0 Å². The standard InChI is InChI=1S/C9H18O3/c1-4-12-9(10)7-5-6-8(2)11-3/h8H,4-7H2,1-3H3/t8-/m0/s1. The van der Waals surface area contributed by atoms with Gasteiger partial charge in [0.1, 0.15) is 0 Å². The molecule has 0 aliphatic rings. The normalized spacial score (nSPS) is 12.6. The molecule has 0 rings (SSSR count). The third-order valence-corrected chi connectivity index (χ3v) is 1.70. The van der Waals surface area contributed by atoms with Crippen molar-refractivity contribution in [1.29, 1.82) is 0 Å². The van der Waals surface area contributed by atoms with Crippen molar-refractivity contribution in [2.45, 2.75) is 39.2 Å². The average Bonchev–Trinajstić information content (AvgIpc) is 2.04. The van der Waals surface area contributed by atoms with Gasteiger partial charge in [-0.1, -0.05) is 0 Å². The van der Waals surface area contributed by atoms with Crippen LogP contribution in [0.4, 0.5) is 0 Å². The lowest BCUT2D eigenvalue weighted by Gasteiger charge is -2.07. The fourth-order valence-electron chi connectivity index (χ4n) is 0.885. The zero-order valence-electron chi connectivity index (χ0n) is 8.13. The van der Waals surface area contributed by atoms with E-state index < -0.39 is 0 Å². The van der Waals surface area contributed by atoms with Gasteiger partial charge < -0.3 is 9.47 Å². The predicted octanol–water partition coefficient (Wildman–Crippen LogP) is 1.75. The van der Waals surface area contributed by atoms with E-state index in [0.29, 0.717) is 13.0 Å². The molecule has 0 saturated carbocycles. The van der Waals surface area contributed by atoms with Crippen LogP contribution in [0.5, 0.6) is 0 Å². The van der Waals surface area contributed by atoms with E-state index in [1.54, 1.807) is 7.11 Å². The molecule has 12 heavy (non-hydrogen) atoms. The van der Waals surface area contributed by atoms with Gasteiger partial charge in [-0.3, -0.25) is 4.79 Å². The maximum absolute atomic E-state index is 10.8. The Morgan fingerprint density at radius 1 is 1.50 bits per heavy atom. The van der Waals surface area contributed by atoms with Crippen molar-refractivity contribution in [1.82, 2.24) is 0 Å². The first-order valence-corrected chi connectivity index (χ1v) is 4.39. The zero-order chi connectivity index (χ0) is 9.40. The molecular formula is C9H18O3. The van der Waals surface area contributed by atoms with Crippen LogP contribution in [0, 0.1) is 0 Å². The van der Waals surface area contributed by atoms with Crippen LogP contribution in [-0.4, -0.2) is 25.8 Å². The first-order valence-electron chi connectivity index (χ1n) is 4.39. The number of carbonyl (C=O) groups excluding carboxylic acids is 1. The molecule has 0 aromatic carbocycles. The molecule has 0 bridgehead atoms. The second-order valence-corrected chi connectivity index (χ2v) is 2.74. The monoisotopic (exact) mass is 174 g/mol. The molecule has 0 aliphatic carbocycles. The summed E-state index contributed by atoms with van der Waals surface area (Å²) in [6.07, 6.45) is 2.49. The lowest BCUT2D eigenvalue weighted by atomic mass is 10.2. The molecule has 0 fully saturated rings. The van der Waals surface area contributed by atoms with Crippen LogP contribution in [0.2, 0.25) is 0 Å². The number of carbonyl (C=O) groups is 1. The van der Waals surface area contributed by atoms with E-state index in [1.165, 1.54) is 0 Å². The minimum absolute atomic E-state index is 0.110. The summed E-state index contributed by atoms with van der Waals surface area (Å²) >= 11 is 0. The van der Waals surface area contributed by atoms with Crippen LogP contribution in [0.15, 0.2) is 0 Å². The Hall–Kier alpha value is -0.570. The van der Waals surface area contributed by atoms with E-state index in [1.807, 2.05) is 13.8 Å². The summed E-state index contributed by atoms with van der Waals surface area (Å²) in [5.74, 6) is -0.110. The van der Waals surface area contributed by atoms with Crippen LogP contribution in [0.1, 0.15) is 33.1 Å². The molecule has 72 valence electrons. The minimum atomic E-state index is -0.110. The van der Waals surface area contributed by atoms with Crippen LogP contribution in [0.25, 0.3) is 0 Å². The number of rotatable bonds is 6. The van der Waals surface area contributed by atoms with Gasteiger partial charge >= 0.3 is 5.97 Å². The van der Waals surface area contributed by atoms with Crippen molar-refractivity contribution in [3.8, 4) is 0 Å². The van der Waals surface area contributed by atoms with Gasteiger partial charge in [0.05, 0.1) is 12.7 Å². The lowest BCUT2D eigenvalue weighted by molar-refractivity contribution is -0.143. The summed E-state index contributed by atoms with van der Waals surface area (Å²) in [6.45, 7) is 4.28. The first-order chi connectivity index (χ1) is 5.70. The van der Waals surface area contributed by atoms with Gasteiger partial charge in [-0.2, -0.15) is 0 Å². The van der Waals surface area contributed by atoms with E-state index in [-0.39, 0.29) is 12.1 Å². The summed E-state index contributed by atoms with van der Waals surface area (Å²) < 4.78 is 9.82. The highest BCUT2D eigenvalue weighted by Gasteiger charge is 2.03. The molecule has 0 radical (unpaired) electrons. The van der Waals surface area contributed by atoms with Crippen molar-refractivity contribution >= 4 is 5.97 Å². The second-order valence-electron chi connectivity index (χ2n) is 2.74. The quantitative estimate of drug-likeness (QED) is 0.575. The average molecular weight is 174 g/mol. The van der Waals surface area contributed by atoms with Gasteiger partial charge in [0.2, 0.25) is 0 Å². The van der Waals surface area contributed by atoms with Crippen molar-refractivity contribution in [2.24, 2.45) is 0 Å². The topological polar surface area (TPSA) is 35.5 Å². The maximum atomic E-state index is 10.8. The largest absolute Gasteiger partial charge is 0.466 e. The molecule has 1 atom stereocenters. The Morgan fingerprint density at radius 3 is 2.67 bits per heavy atom. The Morgan fingerprint density at radius 2 is 2.17 bits per heavy atom. The highest BCUT2D eigenvalue weighted by Crippen LogP contribution is 2.03. The van der Waals surface area contributed by atoms with Gasteiger partial charge in [0.25, 0.3) is 0 Å². The molecule has 0 aromatic rings. The van der Waals surface area contributed by atoms with Crippen LogP contribution < -0.4 is 0 Å². The van der Waals surface area contributed by atoms with Crippen molar-refractivity contribution in [3.63, 3.8) is 0 Å². The van der Waals surface area contributed by atoms with E-state index in [9.17, 15) is 4.79 Å². The number of esters is 1. The van der Waals surface area contributed by atoms with E-state index in [0.717, 1.165) is 12.8 Å². The number of hydrogen-bond donors (Lipinski definition) is 0. The Bertz CT molecular complexity index is 123. The van der Waals surface area contributed by atoms with Gasteiger partial charge in [0.15, 0.2) is 0 Å². The van der Waals surface area contributed by atoms with Crippen LogP contribution in [-0.2, 0) is 14.3 Å². The summed E-state index contributed by atoms with van der Waals surface area (Å²) in [5, 5.41) is 0. The summed E-state index contributed by atoms with van der Waals surface area (Å²) in [7, 11) is 1.68. The van der Waals surface area contributed by atoms with Gasteiger partial charge in [-0.15, -0.1) is 0 Å². The third-order valence-electron chi connectivity index (χ3n) is 1.70. The second kappa shape index (κ2) is 7.10. The number of ether oxygens (including phenoxy) is 2. The highest BCUT2D eigenvalue weighted by atomic mass is 16.5. The zero-order valence-corrected chi connectivity index (χ0v) is 8.13. The van der Waals surface area contributed by atoms with Crippen molar-refractivity contribution in [2.75, 3.05) is 13.7 Å². The molecule has 0 saturated heterocycles. The molecule has 0 unspecified atom stereocenters. The molecule has 0 aliphatic heterocycles. The van der Waals surface area contributed by atoms with Crippen molar-refractivity contribution < 1.29 is 14.3 Å². The molecule has 0 heterocycles. The Kier molecular flexibility index (Phi) is 6.76. The Balaban J connectivity index is 3.24. The third kappa shape index (κ3) is 6.16. The summed E-state index contributed by atoms with van der Waals surface area (Å²) in [4.78, 5) is 10.8. The fraction of sp³-hybridized carbons (Fsp3) is 0.889. The summed E-state index contributed by atoms with van der Waals surface area (Å²) in [6, 6.07) is 0. The molecule has 3 nitrogen and oxygen atoms in total. The smallest absolute Gasteiger partial charge is 0.305 e. The molecule has 0 spiro atoms. The van der Waals surface area contributed by atoms with Gasteiger partial charge in [0, 0.05) is 13.5 Å². The minimum Gasteiger partial charge on any atom is -0.466 e. The van der Waals surface area contributed by atoms with Gasteiger partial charge in [-0.05, 0) is 26.7 Å². The predicted molar refractivity (Wildman–Crippen MR) is 47.0 cm³/mol. The van der Waals surface area contributed by atoms with E-state index >= 15 is 0 Å². The fourth-order valence-corrected chi connectivity index (χ4v) is 0.885. The number of hydrogen-bond acceptors (Lipinski definition) is 3. The molecule has 0 amide bonds. The molecule has 0 N–H and O–H groups in total. The SMILES string of the molecule is CCOC(=O)CCC[C@H](C)OC. The maximum Gasteiger partial charge on any atom is 0.305 e.